The van der Waals surface area contributed by atoms with E-state index in [-0.39, 0.29) is 12.2 Å². The second-order valence-electron chi connectivity index (χ2n) is 4.54. The number of aliphatic carboxylic acids is 1. The van der Waals surface area contributed by atoms with E-state index in [0.29, 0.717) is 0 Å². The zero-order valence-corrected chi connectivity index (χ0v) is 10.7. The average molecular weight is 278 g/mol. The summed E-state index contributed by atoms with van der Waals surface area (Å²) in [4.78, 5) is 20.1. The number of carboxylic acids is 1. The van der Waals surface area contributed by atoms with Crippen molar-refractivity contribution in [2.24, 2.45) is 5.92 Å². The van der Waals surface area contributed by atoms with Gasteiger partial charge >= 0.3 is 5.97 Å². The molecule has 1 aliphatic rings. The number of carbonyl (C=O) groups excluding carboxylic acids is 1. The Morgan fingerprint density at radius 3 is 2.00 bits per heavy atom. The number of aldehydes is 1. The van der Waals surface area contributed by atoms with Crippen LogP contribution in [0.15, 0.2) is 0 Å². The van der Waals surface area contributed by atoms with E-state index in [9.17, 15) is 9.59 Å². The molecule has 1 fully saturated rings. The van der Waals surface area contributed by atoms with Crippen LogP contribution in [0.25, 0.3) is 0 Å². The first-order valence-corrected chi connectivity index (χ1v) is 6.27. The minimum absolute atomic E-state index is 0.0289. The maximum atomic E-state index is 10.4. The lowest BCUT2D eigenvalue weighted by Gasteiger charge is -2.16. The van der Waals surface area contributed by atoms with Gasteiger partial charge in [-0.1, -0.05) is 19.3 Å². The Kier molecular flexibility index (Phi) is 9.32. The molecule has 1 saturated carbocycles. The summed E-state index contributed by atoms with van der Waals surface area (Å²) >= 11 is 0. The highest BCUT2D eigenvalue weighted by Gasteiger charge is 2.22. The summed E-state index contributed by atoms with van der Waals surface area (Å²) in [5, 5.41) is 42.6. The summed E-state index contributed by atoms with van der Waals surface area (Å²) in [6.45, 7) is -0.688. The van der Waals surface area contributed by atoms with Gasteiger partial charge in [0.05, 0.1) is 12.5 Å². The van der Waals surface area contributed by atoms with Crippen LogP contribution in [0.5, 0.6) is 0 Å². The van der Waals surface area contributed by atoms with Crippen molar-refractivity contribution in [3.63, 3.8) is 0 Å². The number of carbonyl (C=O) groups is 2. The molecule has 19 heavy (non-hydrogen) atoms. The Balaban J connectivity index is 0.000000342. The monoisotopic (exact) mass is 278 g/mol. The van der Waals surface area contributed by atoms with Gasteiger partial charge in [-0.3, -0.25) is 4.79 Å². The molecule has 0 radical (unpaired) electrons. The maximum absolute atomic E-state index is 10.4. The molecule has 0 saturated heterocycles. The van der Waals surface area contributed by atoms with Gasteiger partial charge in [-0.25, -0.2) is 0 Å². The lowest BCUT2D eigenvalue weighted by atomic mass is 9.90. The molecule has 112 valence electrons. The van der Waals surface area contributed by atoms with Crippen molar-refractivity contribution in [3.8, 4) is 0 Å². The molecular formula is C12H22O7. The first kappa shape index (κ1) is 18.0. The number of rotatable bonds is 5. The van der Waals surface area contributed by atoms with Crippen LogP contribution >= 0.6 is 0 Å². The second-order valence-corrected chi connectivity index (χ2v) is 4.54. The van der Waals surface area contributed by atoms with E-state index in [2.05, 4.69) is 0 Å². The molecule has 1 rings (SSSR count). The number of hydrogen-bond donors (Lipinski definition) is 5. The topological polar surface area (TPSA) is 135 Å². The number of aliphatic hydroxyl groups excluding tert-OH is 4. The van der Waals surface area contributed by atoms with Gasteiger partial charge in [0.2, 0.25) is 0 Å². The highest BCUT2D eigenvalue weighted by atomic mass is 16.4. The van der Waals surface area contributed by atoms with Crippen molar-refractivity contribution >= 4 is 12.3 Å². The van der Waals surface area contributed by atoms with Crippen molar-refractivity contribution in [2.75, 3.05) is 6.61 Å². The minimum atomic E-state index is -1.64. The molecule has 1 aliphatic carbocycles. The summed E-state index contributed by atoms with van der Waals surface area (Å²) < 4.78 is 0. The molecule has 3 atom stereocenters. The summed E-state index contributed by atoms with van der Waals surface area (Å²) in [7, 11) is 0. The predicted molar refractivity (Wildman–Crippen MR) is 65.4 cm³/mol. The van der Waals surface area contributed by atoms with Crippen LogP contribution in [0.3, 0.4) is 0 Å². The van der Waals surface area contributed by atoms with Crippen molar-refractivity contribution < 1.29 is 35.1 Å². The smallest absolute Gasteiger partial charge is 0.306 e. The molecule has 0 aliphatic heterocycles. The minimum Gasteiger partial charge on any atom is -0.481 e. The van der Waals surface area contributed by atoms with E-state index in [1.54, 1.807) is 0 Å². The molecule has 0 heterocycles. The quantitative estimate of drug-likeness (QED) is 0.403. The summed E-state index contributed by atoms with van der Waals surface area (Å²) in [5.74, 6) is -0.631. The van der Waals surface area contributed by atoms with Gasteiger partial charge in [0.1, 0.15) is 18.3 Å². The van der Waals surface area contributed by atoms with Gasteiger partial charge in [0.25, 0.3) is 0 Å². The summed E-state index contributed by atoms with van der Waals surface area (Å²) in [6, 6.07) is 0. The molecule has 7 nitrogen and oxygen atoms in total. The summed E-state index contributed by atoms with van der Waals surface area (Å²) in [6.07, 6.45) is 0.608. The SMILES string of the molecule is O=C(O)C1CCCCC1.O=CC(O)C(O)C(O)CO. The molecule has 0 aromatic heterocycles. The lowest BCUT2D eigenvalue weighted by Crippen LogP contribution is -2.40. The Morgan fingerprint density at radius 1 is 1.16 bits per heavy atom. The van der Waals surface area contributed by atoms with E-state index in [4.69, 9.17) is 25.5 Å². The largest absolute Gasteiger partial charge is 0.481 e. The van der Waals surface area contributed by atoms with Gasteiger partial charge in [-0.15, -0.1) is 0 Å². The number of carboxylic acid groups (broad SMARTS) is 1. The lowest BCUT2D eigenvalue weighted by molar-refractivity contribution is -0.142. The molecule has 0 amide bonds. The third kappa shape index (κ3) is 7.22. The van der Waals surface area contributed by atoms with Crippen molar-refractivity contribution in [1.29, 1.82) is 0 Å². The van der Waals surface area contributed by atoms with Gasteiger partial charge in [0, 0.05) is 0 Å². The van der Waals surface area contributed by atoms with Gasteiger partial charge in [-0.2, -0.15) is 0 Å². The standard InChI is InChI=1S/C7H12O2.C5H10O5/c8-7(9)6-4-2-1-3-5-6;6-1-3(8)5(10)4(9)2-7/h6H,1-5H2,(H,8,9);1,3-5,7-10H,2H2. The first-order chi connectivity index (χ1) is 8.93. The number of hydrogen-bond acceptors (Lipinski definition) is 6. The van der Waals surface area contributed by atoms with Crippen LogP contribution in [0.1, 0.15) is 32.1 Å². The van der Waals surface area contributed by atoms with E-state index in [1.807, 2.05) is 0 Å². The summed E-state index contributed by atoms with van der Waals surface area (Å²) in [5.41, 5.74) is 0. The Bertz CT molecular complexity index is 263. The normalized spacial score (nSPS) is 20.6. The Labute approximate surface area is 111 Å². The molecule has 7 heteroatoms. The fourth-order valence-electron chi connectivity index (χ4n) is 1.77. The van der Waals surface area contributed by atoms with E-state index in [0.717, 1.165) is 25.7 Å². The second kappa shape index (κ2) is 9.85. The zero-order chi connectivity index (χ0) is 14.8. The number of aliphatic hydroxyl groups is 4. The Morgan fingerprint density at radius 2 is 1.68 bits per heavy atom. The molecule has 0 aromatic rings. The van der Waals surface area contributed by atoms with Gasteiger partial charge in [-0.05, 0) is 12.8 Å². The highest BCUT2D eigenvalue weighted by Crippen LogP contribution is 2.23. The molecule has 3 unspecified atom stereocenters. The van der Waals surface area contributed by atoms with Gasteiger partial charge < -0.3 is 30.3 Å². The van der Waals surface area contributed by atoms with Gasteiger partial charge in [0.15, 0.2) is 6.29 Å². The van der Waals surface area contributed by atoms with E-state index < -0.39 is 30.9 Å². The molecule has 0 aromatic carbocycles. The Hall–Kier alpha value is -1.02. The maximum Gasteiger partial charge on any atom is 0.306 e. The zero-order valence-electron chi connectivity index (χ0n) is 10.7. The molecule has 5 N–H and O–H groups in total. The third-order valence-electron chi connectivity index (χ3n) is 3.03. The van der Waals surface area contributed by atoms with Crippen LogP contribution < -0.4 is 0 Å². The fraction of sp³-hybridized carbons (Fsp3) is 0.833. The van der Waals surface area contributed by atoms with Crippen LogP contribution in [0, 0.1) is 5.92 Å². The highest BCUT2D eigenvalue weighted by molar-refractivity contribution is 5.69. The third-order valence-corrected chi connectivity index (χ3v) is 3.03. The molecular weight excluding hydrogens is 256 g/mol. The predicted octanol–water partition coefficient (Wildman–Crippen LogP) is -1.09. The molecule has 0 spiro atoms. The van der Waals surface area contributed by atoms with Crippen molar-refractivity contribution in [1.82, 2.24) is 0 Å². The molecule has 0 bridgehead atoms. The van der Waals surface area contributed by atoms with Crippen molar-refractivity contribution in [2.45, 2.75) is 50.4 Å². The first-order valence-electron chi connectivity index (χ1n) is 6.27. The fourth-order valence-corrected chi connectivity index (χ4v) is 1.77. The van der Waals surface area contributed by atoms with Crippen molar-refractivity contribution in [3.05, 3.63) is 0 Å². The average Bonchev–Trinajstić information content (AvgIpc) is 2.46. The van der Waals surface area contributed by atoms with Crippen LogP contribution in [0.4, 0.5) is 0 Å². The van der Waals surface area contributed by atoms with E-state index in [1.165, 1.54) is 6.42 Å². The van der Waals surface area contributed by atoms with Crippen LogP contribution in [-0.4, -0.2) is 62.7 Å². The van der Waals surface area contributed by atoms with E-state index >= 15 is 0 Å². The van der Waals surface area contributed by atoms with Crippen LogP contribution in [0.2, 0.25) is 0 Å². The van der Waals surface area contributed by atoms with Crippen LogP contribution in [-0.2, 0) is 9.59 Å².